The Morgan fingerprint density at radius 1 is 1.09 bits per heavy atom. The highest BCUT2D eigenvalue weighted by Crippen LogP contribution is 2.27. The highest BCUT2D eigenvalue weighted by Gasteiger charge is 2.14. The number of benzene rings is 1. The zero-order valence-electron chi connectivity index (χ0n) is 14.7. The van der Waals surface area contributed by atoms with Crippen LogP contribution in [0.1, 0.15) is 76.3 Å². The van der Waals surface area contributed by atoms with Gasteiger partial charge in [0.1, 0.15) is 5.75 Å². The van der Waals surface area contributed by atoms with E-state index in [-0.39, 0.29) is 6.29 Å². The molecule has 0 spiro atoms. The van der Waals surface area contributed by atoms with Gasteiger partial charge >= 0.3 is 0 Å². The minimum Gasteiger partial charge on any atom is -0.465 e. The standard InChI is InChI=1S/C20H32O2/c1-15(2)19-10-11-20(16(3)14-19)22-17(4)21-13-12-18-8-6-5-7-9-18/h10-11,14-15,17-18H,5-9,12-13H2,1-4H3. The molecule has 124 valence electrons. The van der Waals surface area contributed by atoms with E-state index in [1.807, 2.05) is 6.92 Å². The highest BCUT2D eigenvalue weighted by molar-refractivity contribution is 5.37. The van der Waals surface area contributed by atoms with Gasteiger partial charge in [-0.1, -0.05) is 58.1 Å². The van der Waals surface area contributed by atoms with Crippen molar-refractivity contribution in [1.82, 2.24) is 0 Å². The first-order chi connectivity index (χ1) is 10.6. The van der Waals surface area contributed by atoms with E-state index < -0.39 is 0 Å². The predicted octanol–water partition coefficient (Wildman–Crippen LogP) is 5.83. The van der Waals surface area contributed by atoms with Crippen LogP contribution in [0.5, 0.6) is 5.75 Å². The molecule has 1 unspecified atom stereocenters. The summed E-state index contributed by atoms with van der Waals surface area (Å²) in [5.41, 5.74) is 2.55. The lowest BCUT2D eigenvalue weighted by molar-refractivity contribution is -0.0714. The second kappa shape index (κ2) is 8.57. The largest absolute Gasteiger partial charge is 0.465 e. The number of aryl methyl sites for hydroxylation is 1. The molecule has 0 aliphatic heterocycles. The van der Waals surface area contributed by atoms with Crippen LogP contribution in [0.15, 0.2) is 18.2 Å². The van der Waals surface area contributed by atoms with Crippen molar-refractivity contribution in [3.63, 3.8) is 0 Å². The summed E-state index contributed by atoms with van der Waals surface area (Å²) in [6.07, 6.45) is 7.99. The Kier molecular flexibility index (Phi) is 6.75. The SMILES string of the molecule is Cc1cc(C(C)C)ccc1OC(C)OCCC1CCCCC1. The smallest absolute Gasteiger partial charge is 0.196 e. The molecule has 0 amide bonds. The predicted molar refractivity (Wildman–Crippen MR) is 92.5 cm³/mol. The van der Waals surface area contributed by atoms with Gasteiger partial charge in [0, 0.05) is 0 Å². The van der Waals surface area contributed by atoms with Crippen LogP contribution < -0.4 is 4.74 Å². The van der Waals surface area contributed by atoms with Crippen molar-refractivity contribution in [2.24, 2.45) is 5.92 Å². The molecule has 22 heavy (non-hydrogen) atoms. The Morgan fingerprint density at radius 3 is 2.45 bits per heavy atom. The van der Waals surface area contributed by atoms with Crippen molar-refractivity contribution < 1.29 is 9.47 Å². The van der Waals surface area contributed by atoms with E-state index in [1.54, 1.807) is 0 Å². The van der Waals surface area contributed by atoms with Crippen LogP contribution in [-0.2, 0) is 4.74 Å². The lowest BCUT2D eigenvalue weighted by atomic mass is 9.87. The van der Waals surface area contributed by atoms with E-state index in [0.29, 0.717) is 5.92 Å². The Labute approximate surface area is 136 Å². The molecular formula is C20H32O2. The van der Waals surface area contributed by atoms with Gasteiger partial charge in [-0.3, -0.25) is 0 Å². The van der Waals surface area contributed by atoms with E-state index in [2.05, 4.69) is 39.0 Å². The van der Waals surface area contributed by atoms with Gasteiger partial charge in [0.05, 0.1) is 6.61 Å². The van der Waals surface area contributed by atoms with Gasteiger partial charge < -0.3 is 9.47 Å². The molecule has 0 N–H and O–H groups in total. The van der Waals surface area contributed by atoms with E-state index in [4.69, 9.17) is 9.47 Å². The van der Waals surface area contributed by atoms with E-state index in [9.17, 15) is 0 Å². The third-order valence-electron chi connectivity index (χ3n) is 4.76. The summed E-state index contributed by atoms with van der Waals surface area (Å²) in [5, 5.41) is 0. The molecule has 0 bridgehead atoms. The van der Waals surface area contributed by atoms with E-state index >= 15 is 0 Å². The van der Waals surface area contributed by atoms with Crippen LogP contribution in [0.3, 0.4) is 0 Å². The Balaban J connectivity index is 1.75. The summed E-state index contributed by atoms with van der Waals surface area (Å²) in [5.74, 6) is 2.36. The van der Waals surface area contributed by atoms with Crippen LogP contribution in [0, 0.1) is 12.8 Å². The van der Waals surface area contributed by atoms with Gasteiger partial charge in [0.15, 0.2) is 6.29 Å². The molecule has 1 saturated carbocycles. The average Bonchev–Trinajstić information content (AvgIpc) is 2.50. The molecule has 0 radical (unpaired) electrons. The molecule has 1 aliphatic carbocycles. The first-order valence-electron chi connectivity index (χ1n) is 8.95. The molecular weight excluding hydrogens is 272 g/mol. The fourth-order valence-electron chi connectivity index (χ4n) is 3.25. The van der Waals surface area contributed by atoms with Crippen LogP contribution in [0.2, 0.25) is 0 Å². The maximum atomic E-state index is 5.95. The van der Waals surface area contributed by atoms with Crippen molar-refractivity contribution in [2.75, 3.05) is 6.61 Å². The summed E-state index contributed by atoms with van der Waals surface area (Å²) in [6.45, 7) is 9.35. The number of ether oxygens (including phenoxy) is 2. The topological polar surface area (TPSA) is 18.5 Å². The molecule has 1 aromatic carbocycles. The molecule has 0 aromatic heterocycles. The summed E-state index contributed by atoms with van der Waals surface area (Å²) in [4.78, 5) is 0. The first-order valence-corrected chi connectivity index (χ1v) is 8.95. The molecule has 0 saturated heterocycles. The maximum absolute atomic E-state index is 5.95. The third kappa shape index (κ3) is 5.31. The van der Waals surface area contributed by atoms with Crippen LogP contribution in [0.25, 0.3) is 0 Å². The second-order valence-electron chi connectivity index (χ2n) is 7.03. The molecule has 1 atom stereocenters. The monoisotopic (exact) mass is 304 g/mol. The fourth-order valence-corrected chi connectivity index (χ4v) is 3.25. The molecule has 1 fully saturated rings. The summed E-state index contributed by atoms with van der Waals surface area (Å²) in [6, 6.07) is 6.45. The minimum atomic E-state index is -0.174. The molecule has 2 nitrogen and oxygen atoms in total. The molecule has 2 heteroatoms. The van der Waals surface area contributed by atoms with Crippen LogP contribution in [-0.4, -0.2) is 12.9 Å². The number of hydrogen-bond acceptors (Lipinski definition) is 2. The first kappa shape index (κ1) is 17.3. The van der Waals surface area contributed by atoms with E-state index in [1.165, 1.54) is 49.7 Å². The van der Waals surface area contributed by atoms with Gasteiger partial charge in [0.25, 0.3) is 0 Å². The summed E-state index contributed by atoms with van der Waals surface area (Å²) >= 11 is 0. The molecule has 1 aromatic rings. The lowest BCUT2D eigenvalue weighted by Crippen LogP contribution is -2.19. The van der Waals surface area contributed by atoms with Gasteiger partial charge in [-0.25, -0.2) is 0 Å². The highest BCUT2D eigenvalue weighted by atomic mass is 16.7. The summed E-state index contributed by atoms with van der Waals surface area (Å²) < 4.78 is 11.8. The number of hydrogen-bond donors (Lipinski definition) is 0. The maximum Gasteiger partial charge on any atom is 0.196 e. The van der Waals surface area contributed by atoms with Gasteiger partial charge in [-0.15, -0.1) is 0 Å². The van der Waals surface area contributed by atoms with Crippen molar-refractivity contribution in [3.8, 4) is 5.75 Å². The Bertz CT molecular complexity index is 447. The van der Waals surface area contributed by atoms with Gasteiger partial charge in [0.2, 0.25) is 0 Å². The molecule has 0 heterocycles. The van der Waals surface area contributed by atoms with Crippen molar-refractivity contribution in [2.45, 2.75) is 78.4 Å². The number of rotatable bonds is 7. The summed E-state index contributed by atoms with van der Waals surface area (Å²) in [7, 11) is 0. The lowest BCUT2D eigenvalue weighted by Gasteiger charge is -2.23. The van der Waals surface area contributed by atoms with Crippen molar-refractivity contribution in [1.29, 1.82) is 0 Å². The van der Waals surface area contributed by atoms with Crippen LogP contribution in [0.4, 0.5) is 0 Å². The van der Waals surface area contributed by atoms with Crippen LogP contribution >= 0.6 is 0 Å². The van der Waals surface area contributed by atoms with Gasteiger partial charge in [-0.05, 0) is 49.3 Å². The third-order valence-corrected chi connectivity index (χ3v) is 4.76. The van der Waals surface area contributed by atoms with E-state index in [0.717, 1.165) is 18.3 Å². The molecule has 2 rings (SSSR count). The Hall–Kier alpha value is -1.02. The van der Waals surface area contributed by atoms with Gasteiger partial charge in [-0.2, -0.15) is 0 Å². The minimum absolute atomic E-state index is 0.174. The second-order valence-corrected chi connectivity index (χ2v) is 7.03. The normalized spacial score (nSPS) is 17.7. The van der Waals surface area contributed by atoms with Crippen molar-refractivity contribution >= 4 is 0 Å². The average molecular weight is 304 g/mol. The zero-order valence-corrected chi connectivity index (χ0v) is 14.7. The fraction of sp³-hybridized carbons (Fsp3) is 0.700. The zero-order chi connectivity index (χ0) is 15.9. The molecule has 1 aliphatic rings. The Morgan fingerprint density at radius 2 is 1.82 bits per heavy atom. The van der Waals surface area contributed by atoms with Crippen molar-refractivity contribution in [3.05, 3.63) is 29.3 Å². The quantitative estimate of drug-likeness (QED) is 0.590.